The Balaban J connectivity index is 2.86. The number of carbonyl (C=O) groups is 2. The van der Waals surface area contributed by atoms with Crippen LogP contribution in [-0.2, 0) is 11.2 Å². The molecule has 162 valence electrons. The van der Waals surface area contributed by atoms with Gasteiger partial charge in [-0.25, -0.2) is 9.59 Å². The van der Waals surface area contributed by atoms with Gasteiger partial charge in [0.25, 0.3) is 0 Å². The van der Waals surface area contributed by atoms with E-state index in [0.29, 0.717) is 16.9 Å². The first-order valence-corrected chi connectivity index (χ1v) is 10.6. The Hall–Kier alpha value is -2.82. The highest BCUT2D eigenvalue weighted by Crippen LogP contribution is 2.42. The van der Waals surface area contributed by atoms with Crippen molar-refractivity contribution in [1.82, 2.24) is 0 Å². The second kappa shape index (κ2) is 10.3. The fourth-order valence-corrected chi connectivity index (χ4v) is 3.48. The summed E-state index contributed by atoms with van der Waals surface area (Å²) in [6.45, 7) is 12.2. The van der Waals surface area contributed by atoms with Crippen LogP contribution in [0.5, 0.6) is 5.75 Å². The third kappa shape index (κ3) is 5.41. The summed E-state index contributed by atoms with van der Waals surface area (Å²) in [6.07, 6.45) is 0.986. The first-order chi connectivity index (χ1) is 14.2. The van der Waals surface area contributed by atoms with Crippen LogP contribution in [0, 0.1) is 0 Å². The van der Waals surface area contributed by atoms with Crippen LogP contribution in [0.25, 0.3) is 11.1 Å². The molecule has 0 saturated carbocycles. The van der Waals surface area contributed by atoms with Crippen molar-refractivity contribution < 1.29 is 24.2 Å². The van der Waals surface area contributed by atoms with E-state index in [1.165, 1.54) is 0 Å². The highest BCUT2D eigenvalue weighted by molar-refractivity contribution is 5.98. The molecular formula is C25H32O5. The van der Waals surface area contributed by atoms with Crippen LogP contribution in [0.2, 0.25) is 0 Å². The molecule has 0 radical (unpaired) electrons. The first kappa shape index (κ1) is 23.5. The van der Waals surface area contributed by atoms with E-state index in [4.69, 9.17) is 9.47 Å². The summed E-state index contributed by atoms with van der Waals surface area (Å²) in [5.74, 6) is -0.372. The molecular weight excluding hydrogens is 380 g/mol. The predicted molar refractivity (Wildman–Crippen MR) is 119 cm³/mol. The van der Waals surface area contributed by atoms with Crippen molar-refractivity contribution in [1.29, 1.82) is 0 Å². The van der Waals surface area contributed by atoms with Crippen LogP contribution in [-0.4, -0.2) is 23.8 Å². The number of carboxylic acid groups (broad SMARTS) is 1. The van der Waals surface area contributed by atoms with Crippen LogP contribution >= 0.6 is 0 Å². The quantitative estimate of drug-likeness (QED) is 0.382. The minimum atomic E-state index is -1.02. The molecule has 0 spiro atoms. The fraction of sp³-hybridized carbons (Fsp3) is 0.440. The van der Waals surface area contributed by atoms with E-state index < -0.39 is 12.1 Å². The average Bonchev–Trinajstić information content (AvgIpc) is 2.67. The summed E-state index contributed by atoms with van der Waals surface area (Å²) in [5.41, 5.74) is 4.38. The van der Waals surface area contributed by atoms with Crippen LogP contribution in [0.4, 0.5) is 4.79 Å². The van der Waals surface area contributed by atoms with E-state index in [-0.39, 0.29) is 24.0 Å². The first-order valence-electron chi connectivity index (χ1n) is 10.6. The summed E-state index contributed by atoms with van der Waals surface area (Å²) in [5, 5.41) is 9.84. The van der Waals surface area contributed by atoms with Gasteiger partial charge in [0.1, 0.15) is 5.75 Å². The van der Waals surface area contributed by atoms with Gasteiger partial charge in [-0.05, 0) is 54.0 Å². The molecule has 30 heavy (non-hydrogen) atoms. The number of hydrogen-bond donors (Lipinski definition) is 1. The van der Waals surface area contributed by atoms with Crippen molar-refractivity contribution in [3.63, 3.8) is 0 Å². The maximum absolute atomic E-state index is 12.2. The second-order valence-corrected chi connectivity index (χ2v) is 8.01. The van der Waals surface area contributed by atoms with Crippen molar-refractivity contribution in [2.75, 3.05) is 6.61 Å². The zero-order valence-corrected chi connectivity index (χ0v) is 18.7. The topological polar surface area (TPSA) is 72.8 Å². The summed E-state index contributed by atoms with van der Waals surface area (Å²) >= 11 is 0. The highest BCUT2D eigenvalue weighted by Gasteiger charge is 2.24. The van der Waals surface area contributed by atoms with E-state index in [0.717, 1.165) is 29.5 Å². The highest BCUT2D eigenvalue weighted by atomic mass is 16.7. The van der Waals surface area contributed by atoms with Gasteiger partial charge in [-0.15, -0.1) is 0 Å². The Morgan fingerprint density at radius 2 is 1.70 bits per heavy atom. The number of hydrogen-bond acceptors (Lipinski definition) is 4. The van der Waals surface area contributed by atoms with Crippen molar-refractivity contribution >= 4 is 12.1 Å². The van der Waals surface area contributed by atoms with Crippen molar-refractivity contribution in [2.45, 2.75) is 66.2 Å². The largest absolute Gasteiger partial charge is 0.513 e. The Labute approximate surface area is 179 Å². The lowest BCUT2D eigenvalue weighted by atomic mass is 9.85. The van der Waals surface area contributed by atoms with Gasteiger partial charge >= 0.3 is 12.1 Å². The third-order valence-electron chi connectivity index (χ3n) is 5.02. The average molecular weight is 413 g/mol. The molecule has 0 saturated heterocycles. The molecule has 1 N–H and O–H groups in total. The van der Waals surface area contributed by atoms with Crippen LogP contribution in [0.1, 0.15) is 86.8 Å². The van der Waals surface area contributed by atoms with E-state index in [1.807, 2.05) is 32.0 Å². The maximum atomic E-state index is 12.2. The normalized spacial score (nSPS) is 11.1. The molecule has 0 aromatic heterocycles. The maximum Gasteiger partial charge on any atom is 0.513 e. The van der Waals surface area contributed by atoms with Gasteiger partial charge in [-0.3, -0.25) is 0 Å². The number of ether oxygens (including phenoxy) is 2. The van der Waals surface area contributed by atoms with Crippen LogP contribution in [0.3, 0.4) is 0 Å². The van der Waals surface area contributed by atoms with Gasteiger partial charge in [0.2, 0.25) is 0 Å². The molecule has 0 unspecified atom stereocenters. The number of rotatable bonds is 8. The van der Waals surface area contributed by atoms with Crippen molar-refractivity contribution in [2.24, 2.45) is 0 Å². The molecule has 5 nitrogen and oxygen atoms in total. The van der Waals surface area contributed by atoms with Gasteiger partial charge in [0.05, 0.1) is 12.2 Å². The Morgan fingerprint density at radius 3 is 2.23 bits per heavy atom. The molecule has 0 aliphatic carbocycles. The molecule has 0 bridgehead atoms. The molecule has 2 rings (SSSR count). The number of carboxylic acids is 1. The Morgan fingerprint density at radius 1 is 1.00 bits per heavy atom. The van der Waals surface area contributed by atoms with Crippen LogP contribution in [0.15, 0.2) is 30.3 Å². The van der Waals surface area contributed by atoms with E-state index in [9.17, 15) is 14.7 Å². The van der Waals surface area contributed by atoms with E-state index >= 15 is 0 Å². The Kier molecular flexibility index (Phi) is 8.04. The number of benzene rings is 2. The summed E-state index contributed by atoms with van der Waals surface area (Å²) in [7, 11) is 0. The van der Waals surface area contributed by atoms with Crippen molar-refractivity contribution in [3.05, 3.63) is 52.6 Å². The minimum Gasteiger partial charge on any atom is -0.478 e. The lowest BCUT2D eigenvalue weighted by Crippen LogP contribution is -2.13. The molecule has 2 aromatic rings. The molecule has 5 heteroatoms. The molecule has 0 fully saturated rings. The molecule has 0 aliphatic rings. The zero-order valence-electron chi connectivity index (χ0n) is 18.7. The second-order valence-electron chi connectivity index (χ2n) is 8.01. The predicted octanol–water partition coefficient (Wildman–Crippen LogP) is 6.79. The molecule has 0 atom stereocenters. The lowest BCUT2D eigenvalue weighted by molar-refractivity contribution is 0.0697. The van der Waals surface area contributed by atoms with Crippen molar-refractivity contribution in [3.8, 4) is 16.9 Å². The number of aromatic carboxylic acids is 1. The van der Waals surface area contributed by atoms with Gasteiger partial charge in [-0.1, -0.05) is 59.2 Å². The van der Waals surface area contributed by atoms with E-state index in [1.54, 1.807) is 13.0 Å². The van der Waals surface area contributed by atoms with Gasteiger partial charge < -0.3 is 14.6 Å². The van der Waals surface area contributed by atoms with E-state index in [2.05, 4.69) is 26.8 Å². The van der Waals surface area contributed by atoms with Gasteiger partial charge in [0.15, 0.2) is 0 Å². The third-order valence-corrected chi connectivity index (χ3v) is 5.02. The minimum absolute atomic E-state index is 0.0970. The SMILES string of the molecule is CCCc1ccc(C(=O)O)c(-c2c(OC(=O)OCC)cc(C(C)C)cc2C(C)C)c1. The summed E-state index contributed by atoms with van der Waals surface area (Å²) in [4.78, 5) is 24.2. The number of carbonyl (C=O) groups excluding carboxylic acids is 1. The standard InChI is InChI=1S/C25H32O5/c1-7-9-17-10-11-19(24(26)27)21(12-17)23-20(16(5)6)13-18(15(3)4)14-22(23)30-25(28)29-8-2/h10-16H,7-9H2,1-6H3,(H,26,27). The smallest absolute Gasteiger partial charge is 0.478 e. The zero-order chi connectivity index (χ0) is 22.4. The Bertz CT molecular complexity index is 912. The lowest BCUT2D eigenvalue weighted by Gasteiger charge is -2.22. The summed E-state index contributed by atoms with van der Waals surface area (Å²) in [6, 6.07) is 9.29. The monoisotopic (exact) mass is 412 g/mol. The van der Waals surface area contributed by atoms with Gasteiger partial charge in [0, 0.05) is 11.1 Å². The molecule has 2 aromatic carbocycles. The van der Waals surface area contributed by atoms with Crippen LogP contribution < -0.4 is 4.74 Å². The molecule has 0 amide bonds. The molecule has 0 aliphatic heterocycles. The van der Waals surface area contributed by atoms with Gasteiger partial charge in [-0.2, -0.15) is 0 Å². The summed E-state index contributed by atoms with van der Waals surface area (Å²) < 4.78 is 10.6. The number of aryl methyl sites for hydroxylation is 1. The molecule has 0 heterocycles. The fourth-order valence-electron chi connectivity index (χ4n) is 3.48.